The van der Waals surface area contributed by atoms with Crippen LogP contribution in [0.25, 0.3) is 0 Å². The molecule has 2 aromatic rings. The highest BCUT2D eigenvalue weighted by molar-refractivity contribution is 6.34. The molecule has 0 aliphatic carbocycles. The Morgan fingerprint density at radius 2 is 1.57 bits per heavy atom. The number of carbonyl (C=O) groups is 2. The van der Waals surface area contributed by atoms with Crippen LogP contribution in [0, 0.1) is 10.1 Å². The first-order valence-corrected chi connectivity index (χ1v) is 6.94. The van der Waals surface area contributed by atoms with Crippen LogP contribution in [0.5, 0.6) is 0 Å². The number of rotatable bonds is 3. The minimum atomic E-state index is -0.777. The largest absolute Gasteiger partial charge is 0.271 e. The third-order valence-electron chi connectivity index (χ3n) is 2.80. The molecule has 0 bridgehead atoms. The highest BCUT2D eigenvalue weighted by atomic mass is 35.5. The zero-order valence-corrected chi connectivity index (χ0v) is 12.9. The van der Waals surface area contributed by atoms with Crippen LogP contribution < -0.4 is 10.9 Å². The van der Waals surface area contributed by atoms with Crippen LogP contribution in [0.4, 0.5) is 5.69 Å². The van der Waals surface area contributed by atoms with Gasteiger partial charge in [-0.25, -0.2) is 0 Å². The number of hydrogen-bond acceptors (Lipinski definition) is 4. The van der Waals surface area contributed by atoms with E-state index in [1.807, 2.05) is 0 Å². The van der Waals surface area contributed by atoms with Crippen LogP contribution in [-0.4, -0.2) is 16.7 Å². The van der Waals surface area contributed by atoms with Gasteiger partial charge in [0.05, 0.1) is 15.5 Å². The van der Waals surface area contributed by atoms with E-state index in [9.17, 15) is 19.7 Å². The second kappa shape index (κ2) is 7.08. The first kappa shape index (κ1) is 16.7. The number of nitro groups is 1. The molecule has 0 fully saturated rings. The molecular formula is C14H9Cl2N3O4. The van der Waals surface area contributed by atoms with Crippen molar-refractivity contribution in [1.82, 2.24) is 10.9 Å². The number of benzene rings is 2. The SMILES string of the molecule is O=C(NNC(=O)c1cc([N+](=O)[O-])ccc1Cl)c1ccc(Cl)cc1. The monoisotopic (exact) mass is 353 g/mol. The van der Waals surface area contributed by atoms with E-state index in [2.05, 4.69) is 10.9 Å². The van der Waals surface area contributed by atoms with Gasteiger partial charge in [-0.15, -0.1) is 0 Å². The summed E-state index contributed by atoms with van der Waals surface area (Å²) < 4.78 is 0. The first-order valence-electron chi connectivity index (χ1n) is 6.18. The maximum Gasteiger partial charge on any atom is 0.271 e. The molecule has 0 spiro atoms. The van der Waals surface area contributed by atoms with E-state index in [0.717, 1.165) is 6.07 Å². The van der Waals surface area contributed by atoms with Gasteiger partial charge in [0.25, 0.3) is 17.5 Å². The first-order chi connectivity index (χ1) is 10.9. The Morgan fingerprint density at radius 1 is 0.957 bits per heavy atom. The van der Waals surface area contributed by atoms with Crippen molar-refractivity contribution >= 4 is 40.7 Å². The van der Waals surface area contributed by atoms with Crippen molar-refractivity contribution in [2.75, 3.05) is 0 Å². The van der Waals surface area contributed by atoms with Gasteiger partial charge in [0.2, 0.25) is 0 Å². The summed E-state index contributed by atoms with van der Waals surface area (Å²) >= 11 is 11.5. The minimum absolute atomic E-state index is 0.0221. The van der Waals surface area contributed by atoms with Crippen molar-refractivity contribution in [3.8, 4) is 0 Å². The fraction of sp³-hybridized carbons (Fsp3) is 0. The Morgan fingerprint density at radius 3 is 2.17 bits per heavy atom. The van der Waals surface area contributed by atoms with Gasteiger partial charge in [-0.05, 0) is 30.3 Å². The Hall–Kier alpha value is -2.64. The summed E-state index contributed by atoms with van der Waals surface area (Å²) in [7, 11) is 0. The van der Waals surface area contributed by atoms with E-state index in [4.69, 9.17) is 23.2 Å². The highest BCUT2D eigenvalue weighted by Crippen LogP contribution is 2.21. The maximum atomic E-state index is 12.0. The Bertz CT molecular complexity index is 778. The smallest absolute Gasteiger partial charge is 0.267 e. The molecule has 7 nitrogen and oxygen atoms in total. The number of nitrogens with zero attached hydrogens (tertiary/aromatic N) is 1. The highest BCUT2D eigenvalue weighted by Gasteiger charge is 2.16. The lowest BCUT2D eigenvalue weighted by Gasteiger charge is -2.08. The molecule has 118 valence electrons. The lowest BCUT2D eigenvalue weighted by molar-refractivity contribution is -0.384. The van der Waals surface area contributed by atoms with Crippen molar-refractivity contribution in [2.45, 2.75) is 0 Å². The van der Waals surface area contributed by atoms with Crippen molar-refractivity contribution in [3.63, 3.8) is 0 Å². The van der Waals surface area contributed by atoms with Gasteiger partial charge in [0.15, 0.2) is 0 Å². The number of halogens is 2. The van der Waals surface area contributed by atoms with Gasteiger partial charge >= 0.3 is 0 Å². The lowest BCUT2D eigenvalue weighted by atomic mass is 10.2. The molecule has 9 heteroatoms. The Labute approximate surface area is 140 Å². The molecule has 23 heavy (non-hydrogen) atoms. The molecule has 0 aliphatic heterocycles. The van der Waals surface area contributed by atoms with Crippen LogP contribution in [0.15, 0.2) is 42.5 Å². The maximum absolute atomic E-state index is 12.0. The number of nitro benzene ring substituents is 1. The van der Waals surface area contributed by atoms with Gasteiger partial charge in [0.1, 0.15) is 0 Å². The second-order valence-electron chi connectivity index (χ2n) is 4.34. The van der Waals surface area contributed by atoms with E-state index < -0.39 is 16.7 Å². The third-order valence-corrected chi connectivity index (χ3v) is 3.38. The van der Waals surface area contributed by atoms with Crippen LogP contribution in [-0.2, 0) is 0 Å². The Balaban J connectivity index is 2.07. The molecule has 2 rings (SSSR count). The number of carbonyl (C=O) groups excluding carboxylic acids is 2. The number of amides is 2. The average Bonchev–Trinajstić information content (AvgIpc) is 2.53. The zero-order valence-electron chi connectivity index (χ0n) is 11.4. The van der Waals surface area contributed by atoms with Gasteiger partial charge in [-0.2, -0.15) is 0 Å². The lowest BCUT2D eigenvalue weighted by Crippen LogP contribution is -2.41. The predicted molar refractivity (Wildman–Crippen MR) is 84.5 cm³/mol. The number of non-ortho nitro benzene ring substituents is 1. The quantitative estimate of drug-likeness (QED) is 0.654. The summed E-state index contributed by atoms with van der Waals surface area (Å²) in [5.41, 5.74) is 4.18. The van der Waals surface area contributed by atoms with E-state index in [0.29, 0.717) is 5.02 Å². The molecule has 2 N–H and O–H groups in total. The molecule has 0 unspecified atom stereocenters. The third kappa shape index (κ3) is 4.18. The molecular weight excluding hydrogens is 345 g/mol. The second-order valence-corrected chi connectivity index (χ2v) is 5.18. The van der Waals surface area contributed by atoms with E-state index in [1.165, 1.54) is 36.4 Å². The van der Waals surface area contributed by atoms with Crippen LogP contribution >= 0.6 is 23.2 Å². The van der Waals surface area contributed by atoms with Gasteiger partial charge in [0, 0.05) is 22.7 Å². The molecule has 0 atom stereocenters. The number of hydrazine groups is 1. The summed E-state index contributed by atoms with van der Waals surface area (Å²) in [6.07, 6.45) is 0. The number of hydrogen-bond donors (Lipinski definition) is 2. The topological polar surface area (TPSA) is 101 Å². The van der Waals surface area contributed by atoms with Crippen LogP contribution in [0.3, 0.4) is 0 Å². The predicted octanol–water partition coefficient (Wildman–Crippen LogP) is 2.98. The number of nitrogens with one attached hydrogen (secondary N) is 2. The van der Waals surface area contributed by atoms with E-state index in [1.54, 1.807) is 0 Å². The standard InChI is InChI=1S/C14H9Cl2N3O4/c15-9-3-1-8(2-4-9)13(20)17-18-14(21)11-7-10(19(22)23)5-6-12(11)16/h1-7H,(H,17,20)(H,18,21). The molecule has 0 radical (unpaired) electrons. The van der Waals surface area contributed by atoms with Crippen molar-refractivity contribution in [3.05, 3.63) is 73.8 Å². The molecule has 0 aliphatic rings. The molecule has 2 aromatic carbocycles. The minimum Gasteiger partial charge on any atom is -0.267 e. The van der Waals surface area contributed by atoms with E-state index in [-0.39, 0.29) is 21.8 Å². The summed E-state index contributed by atoms with van der Waals surface area (Å²) in [6, 6.07) is 9.42. The van der Waals surface area contributed by atoms with Crippen molar-refractivity contribution < 1.29 is 14.5 Å². The molecule has 0 aromatic heterocycles. The van der Waals surface area contributed by atoms with Crippen molar-refractivity contribution in [2.24, 2.45) is 0 Å². The zero-order chi connectivity index (χ0) is 17.0. The summed E-state index contributed by atoms with van der Waals surface area (Å²) in [4.78, 5) is 33.9. The van der Waals surface area contributed by atoms with Crippen molar-refractivity contribution in [1.29, 1.82) is 0 Å². The van der Waals surface area contributed by atoms with Crippen LogP contribution in [0.1, 0.15) is 20.7 Å². The summed E-state index contributed by atoms with van der Waals surface area (Å²) in [5.74, 6) is -1.35. The Kier molecular flexibility index (Phi) is 5.15. The van der Waals surface area contributed by atoms with E-state index >= 15 is 0 Å². The van der Waals surface area contributed by atoms with Crippen LogP contribution in [0.2, 0.25) is 10.0 Å². The van der Waals surface area contributed by atoms with Gasteiger partial charge in [-0.1, -0.05) is 23.2 Å². The molecule has 0 saturated carbocycles. The molecule has 2 amide bonds. The summed E-state index contributed by atoms with van der Waals surface area (Å²) in [6.45, 7) is 0. The molecule has 0 saturated heterocycles. The van der Waals surface area contributed by atoms with Gasteiger partial charge < -0.3 is 0 Å². The normalized spacial score (nSPS) is 10.0. The average molecular weight is 354 g/mol. The fourth-order valence-corrected chi connectivity index (χ4v) is 1.98. The fourth-order valence-electron chi connectivity index (χ4n) is 1.66. The van der Waals surface area contributed by atoms with Gasteiger partial charge in [-0.3, -0.25) is 30.6 Å². The molecule has 0 heterocycles. The summed E-state index contributed by atoms with van der Waals surface area (Å²) in [5, 5.41) is 11.2.